The molecule has 0 saturated carbocycles. The first-order chi connectivity index (χ1) is 8.38. The molecule has 2 N–H and O–H groups in total. The third-order valence-corrected chi connectivity index (χ3v) is 2.92. The van der Waals surface area contributed by atoms with E-state index in [9.17, 15) is 0 Å². The van der Waals surface area contributed by atoms with Crippen molar-refractivity contribution in [3.63, 3.8) is 0 Å². The van der Waals surface area contributed by atoms with Gasteiger partial charge in [-0.15, -0.1) is 0 Å². The fourth-order valence-corrected chi connectivity index (χ4v) is 1.93. The molecule has 1 unspecified atom stereocenters. The van der Waals surface area contributed by atoms with Gasteiger partial charge in [0.2, 0.25) is 0 Å². The number of hydrogen-bond donors (Lipinski definition) is 2. The van der Waals surface area contributed by atoms with E-state index >= 15 is 0 Å². The van der Waals surface area contributed by atoms with E-state index in [2.05, 4.69) is 10.6 Å². The van der Waals surface area contributed by atoms with Crippen LogP contribution in [0, 0.1) is 0 Å². The molecule has 0 bridgehead atoms. The maximum Gasteiger partial charge on any atom is 0.119 e. The Morgan fingerprint density at radius 3 is 2.71 bits per heavy atom. The van der Waals surface area contributed by atoms with E-state index in [1.54, 1.807) is 7.11 Å². The van der Waals surface area contributed by atoms with Crippen LogP contribution in [0.2, 0.25) is 0 Å². The van der Waals surface area contributed by atoms with Gasteiger partial charge in [0.1, 0.15) is 18.1 Å². The van der Waals surface area contributed by atoms with E-state index in [4.69, 9.17) is 9.47 Å². The molecule has 0 radical (unpaired) electrons. The second kappa shape index (κ2) is 6.47. The van der Waals surface area contributed by atoms with Crippen LogP contribution in [-0.4, -0.2) is 39.4 Å². The Bertz CT molecular complexity index is 321. The van der Waals surface area contributed by atoms with Crippen molar-refractivity contribution in [2.45, 2.75) is 12.5 Å². The topological polar surface area (TPSA) is 42.5 Å². The first-order valence-electron chi connectivity index (χ1n) is 6.09. The second-order valence-corrected chi connectivity index (χ2v) is 4.17. The van der Waals surface area contributed by atoms with E-state index < -0.39 is 0 Å². The largest absolute Gasteiger partial charge is 0.497 e. The summed E-state index contributed by atoms with van der Waals surface area (Å²) in [7, 11) is 1.66. The number of methoxy groups -OCH3 is 1. The molecule has 4 heteroatoms. The summed E-state index contributed by atoms with van der Waals surface area (Å²) in [5.41, 5.74) is 0. The summed E-state index contributed by atoms with van der Waals surface area (Å²) in [5, 5.41) is 6.79. The lowest BCUT2D eigenvalue weighted by atomic mass is 10.3. The SMILES string of the molecule is COc1ccc(OCCNC2CCNC2)cc1. The van der Waals surface area contributed by atoms with Gasteiger partial charge in [0.05, 0.1) is 7.11 Å². The van der Waals surface area contributed by atoms with Crippen LogP contribution < -0.4 is 20.1 Å². The van der Waals surface area contributed by atoms with E-state index in [0.29, 0.717) is 12.6 Å². The Hall–Kier alpha value is -1.26. The quantitative estimate of drug-likeness (QED) is 0.724. The first-order valence-corrected chi connectivity index (χ1v) is 6.09. The summed E-state index contributed by atoms with van der Waals surface area (Å²) >= 11 is 0. The number of nitrogens with one attached hydrogen (secondary N) is 2. The van der Waals surface area contributed by atoms with Gasteiger partial charge in [-0.25, -0.2) is 0 Å². The number of ether oxygens (including phenoxy) is 2. The monoisotopic (exact) mass is 236 g/mol. The molecule has 1 saturated heterocycles. The van der Waals surface area contributed by atoms with Gasteiger partial charge in [0.15, 0.2) is 0 Å². The highest BCUT2D eigenvalue weighted by atomic mass is 16.5. The van der Waals surface area contributed by atoms with E-state index in [1.165, 1.54) is 6.42 Å². The van der Waals surface area contributed by atoms with Crippen molar-refractivity contribution in [3.05, 3.63) is 24.3 Å². The van der Waals surface area contributed by atoms with Gasteiger partial charge in [-0.3, -0.25) is 0 Å². The molecule has 1 aliphatic heterocycles. The highest BCUT2D eigenvalue weighted by Crippen LogP contribution is 2.16. The number of benzene rings is 1. The summed E-state index contributed by atoms with van der Waals surface area (Å²) < 4.78 is 10.7. The van der Waals surface area contributed by atoms with Crippen LogP contribution >= 0.6 is 0 Å². The highest BCUT2D eigenvalue weighted by Gasteiger charge is 2.12. The Morgan fingerprint density at radius 1 is 1.29 bits per heavy atom. The van der Waals surface area contributed by atoms with E-state index in [0.717, 1.165) is 31.1 Å². The normalized spacial score (nSPS) is 19.2. The van der Waals surface area contributed by atoms with Gasteiger partial charge in [-0.05, 0) is 37.2 Å². The Labute approximate surface area is 102 Å². The average Bonchev–Trinajstić information content (AvgIpc) is 2.88. The molecule has 1 heterocycles. The molecule has 0 aliphatic carbocycles. The zero-order valence-electron chi connectivity index (χ0n) is 10.2. The summed E-state index contributed by atoms with van der Waals surface area (Å²) in [5.74, 6) is 1.74. The molecular formula is C13H20N2O2. The van der Waals surface area contributed by atoms with Crippen LogP contribution in [0.25, 0.3) is 0 Å². The zero-order chi connectivity index (χ0) is 11.9. The smallest absolute Gasteiger partial charge is 0.119 e. The molecule has 1 atom stereocenters. The lowest BCUT2D eigenvalue weighted by Crippen LogP contribution is -2.34. The van der Waals surface area contributed by atoms with Gasteiger partial charge in [0, 0.05) is 19.1 Å². The first kappa shape index (κ1) is 12.2. The molecule has 0 amide bonds. The van der Waals surface area contributed by atoms with Crippen molar-refractivity contribution in [1.29, 1.82) is 0 Å². The predicted octanol–water partition coefficient (Wildman–Crippen LogP) is 1.03. The van der Waals surface area contributed by atoms with E-state index in [1.807, 2.05) is 24.3 Å². The van der Waals surface area contributed by atoms with Crippen LogP contribution in [0.3, 0.4) is 0 Å². The maximum atomic E-state index is 5.63. The van der Waals surface area contributed by atoms with Crippen molar-refractivity contribution in [3.8, 4) is 11.5 Å². The third-order valence-electron chi connectivity index (χ3n) is 2.92. The van der Waals surface area contributed by atoms with Crippen molar-refractivity contribution in [2.75, 3.05) is 33.4 Å². The van der Waals surface area contributed by atoms with Crippen molar-refractivity contribution in [2.24, 2.45) is 0 Å². The van der Waals surface area contributed by atoms with Crippen LogP contribution in [0.15, 0.2) is 24.3 Å². The fraction of sp³-hybridized carbons (Fsp3) is 0.538. The summed E-state index contributed by atoms with van der Waals surface area (Å²) in [6.45, 7) is 3.78. The van der Waals surface area contributed by atoms with Gasteiger partial charge in [-0.1, -0.05) is 0 Å². The molecule has 94 valence electrons. The van der Waals surface area contributed by atoms with Gasteiger partial charge in [0.25, 0.3) is 0 Å². The lowest BCUT2D eigenvalue weighted by molar-refractivity contribution is 0.306. The molecule has 0 spiro atoms. The minimum atomic E-state index is 0.606. The van der Waals surface area contributed by atoms with E-state index in [-0.39, 0.29) is 0 Å². The molecule has 4 nitrogen and oxygen atoms in total. The summed E-state index contributed by atoms with van der Waals surface area (Å²) in [6, 6.07) is 8.27. The minimum Gasteiger partial charge on any atom is -0.497 e. The fourth-order valence-electron chi connectivity index (χ4n) is 1.93. The number of rotatable bonds is 6. The van der Waals surface area contributed by atoms with Crippen molar-refractivity contribution >= 4 is 0 Å². The van der Waals surface area contributed by atoms with Gasteiger partial charge >= 0.3 is 0 Å². The van der Waals surface area contributed by atoms with Crippen LogP contribution in [-0.2, 0) is 0 Å². The number of hydrogen-bond acceptors (Lipinski definition) is 4. The average molecular weight is 236 g/mol. The molecule has 0 aromatic heterocycles. The van der Waals surface area contributed by atoms with Crippen molar-refractivity contribution in [1.82, 2.24) is 10.6 Å². The highest BCUT2D eigenvalue weighted by molar-refractivity contribution is 5.31. The summed E-state index contributed by atoms with van der Waals surface area (Å²) in [6.07, 6.45) is 1.21. The third kappa shape index (κ3) is 3.91. The van der Waals surface area contributed by atoms with Crippen molar-refractivity contribution < 1.29 is 9.47 Å². The van der Waals surface area contributed by atoms with Gasteiger partial charge < -0.3 is 20.1 Å². The molecule has 17 heavy (non-hydrogen) atoms. The second-order valence-electron chi connectivity index (χ2n) is 4.17. The molecule has 1 fully saturated rings. The predicted molar refractivity (Wildman–Crippen MR) is 67.8 cm³/mol. The Balaban J connectivity index is 1.63. The van der Waals surface area contributed by atoms with Gasteiger partial charge in [-0.2, -0.15) is 0 Å². The zero-order valence-corrected chi connectivity index (χ0v) is 10.2. The standard InChI is InChI=1S/C13H20N2O2/c1-16-12-2-4-13(5-3-12)17-9-8-15-11-6-7-14-10-11/h2-5,11,14-15H,6-10H2,1H3. The summed E-state index contributed by atoms with van der Waals surface area (Å²) in [4.78, 5) is 0. The van der Waals surface area contributed by atoms with Crippen LogP contribution in [0.5, 0.6) is 11.5 Å². The van der Waals surface area contributed by atoms with Crippen LogP contribution in [0.4, 0.5) is 0 Å². The minimum absolute atomic E-state index is 0.606. The molecule has 1 aromatic rings. The lowest BCUT2D eigenvalue weighted by Gasteiger charge is -2.12. The maximum absolute atomic E-state index is 5.63. The van der Waals surface area contributed by atoms with Crippen LogP contribution in [0.1, 0.15) is 6.42 Å². The molecule has 1 aliphatic rings. The Morgan fingerprint density at radius 2 is 2.06 bits per heavy atom. The molecule has 2 rings (SSSR count). The molecular weight excluding hydrogens is 216 g/mol. The molecule has 1 aromatic carbocycles. The Kier molecular flexibility index (Phi) is 4.64.